The molecule has 0 atom stereocenters. The van der Waals surface area contributed by atoms with E-state index >= 15 is 0 Å². The predicted molar refractivity (Wildman–Crippen MR) is 51.1 cm³/mol. The van der Waals surface area contributed by atoms with E-state index in [1.165, 1.54) is 12.1 Å². The molecule has 2 rings (SSSR count). The van der Waals surface area contributed by atoms with Crippen LogP contribution in [0.2, 0.25) is 0 Å². The van der Waals surface area contributed by atoms with Gasteiger partial charge in [0.2, 0.25) is 0 Å². The number of para-hydroxylation sites is 1. The van der Waals surface area contributed by atoms with E-state index in [4.69, 9.17) is 5.73 Å². The first kappa shape index (κ1) is 9.76. The third kappa shape index (κ3) is 1.60. The molecule has 0 fully saturated rings. The van der Waals surface area contributed by atoms with Gasteiger partial charge in [-0.1, -0.05) is 12.1 Å². The average Bonchev–Trinajstić information content (AvgIpc) is 2.19. The van der Waals surface area contributed by atoms with Crippen LogP contribution < -0.4 is 5.73 Å². The predicted octanol–water partition coefficient (Wildman–Crippen LogP) is 2.89. The van der Waals surface area contributed by atoms with E-state index < -0.39 is 17.9 Å². The zero-order valence-corrected chi connectivity index (χ0v) is 7.55. The molecule has 0 unspecified atom stereocenters. The summed E-state index contributed by atoms with van der Waals surface area (Å²) < 4.78 is 38.0. The molecule has 0 aliphatic heterocycles. The summed E-state index contributed by atoms with van der Waals surface area (Å²) in [6.45, 7) is 0. The van der Waals surface area contributed by atoms with Gasteiger partial charge in [-0.3, -0.25) is 0 Å². The van der Waals surface area contributed by atoms with Crippen LogP contribution in [0.15, 0.2) is 24.3 Å². The van der Waals surface area contributed by atoms with E-state index in [1.807, 2.05) is 0 Å². The van der Waals surface area contributed by atoms with Crippen LogP contribution in [0, 0.1) is 5.82 Å². The van der Waals surface area contributed by atoms with Crippen molar-refractivity contribution in [1.29, 1.82) is 0 Å². The van der Waals surface area contributed by atoms with Crippen LogP contribution in [0.4, 0.5) is 18.9 Å². The fourth-order valence-electron chi connectivity index (χ4n) is 1.37. The Morgan fingerprint density at radius 1 is 1.27 bits per heavy atom. The number of aromatic nitrogens is 1. The summed E-state index contributed by atoms with van der Waals surface area (Å²) in [5, 5.41) is 0.347. The quantitative estimate of drug-likeness (QED) is 0.789. The van der Waals surface area contributed by atoms with Crippen molar-refractivity contribution in [3.8, 4) is 0 Å². The van der Waals surface area contributed by atoms with Crippen molar-refractivity contribution >= 4 is 16.6 Å². The highest BCUT2D eigenvalue weighted by Crippen LogP contribution is 2.26. The summed E-state index contributed by atoms with van der Waals surface area (Å²) in [6, 6.07) is 5.21. The highest BCUT2D eigenvalue weighted by Gasteiger charge is 2.13. The van der Waals surface area contributed by atoms with Crippen LogP contribution in [-0.4, -0.2) is 4.98 Å². The molecule has 0 amide bonds. The molecule has 1 aromatic carbocycles. The third-order valence-electron chi connectivity index (χ3n) is 2.07. The first-order valence-electron chi connectivity index (χ1n) is 4.22. The molecular formula is C10H7F3N2. The minimum atomic E-state index is -2.75. The van der Waals surface area contributed by atoms with Crippen LogP contribution in [0.1, 0.15) is 12.1 Å². The molecule has 0 bridgehead atoms. The zero-order chi connectivity index (χ0) is 11.0. The van der Waals surface area contributed by atoms with Gasteiger partial charge in [-0.05, 0) is 12.1 Å². The lowest BCUT2D eigenvalue weighted by Gasteiger charge is -2.05. The second kappa shape index (κ2) is 3.42. The minimum absolute atomic E-state index is 0.106. The summed E-state index contributed by atoms with van der Waals surface area (Å²) in [6.07, 6.45) is -2.75. The number of halogens is 3. The second-order valence-electron chi connectivity index (χ2n) is 3.07. The highest BCUT2D eigenvalue weighted by atomic mass is 19.3. The minimum Gasteiger partial charge on any atom is -0.398 e. The molecule has 1 aromatic heterocycles. The summed E-state index contributed by atoms with van der Waals surface area (Å²) in [5.74, 6) is -0.651. The molecule has 2 aromatic rings. The van der Waals surface area contributed by atoms with Crippen LogP contribution >= 0.6 is 0 Å². The van der Waals surface area contributed by atoms with E-state index in [9.17, 15) is 13.2 Å². The lowest BCUT2D eigenvalue weighted by atomic mass is 10.1. The number of alkyl halides is 2. The molecule has 15 heavy (non-hydrogen) atoms. The number of pyridine rings is 1. The van der Waals surface area contributed by atoms with Crippen LogP contribution in [0.25, 0.3) is 10.9 Å². The van der Waals surface area contributed by atoms with Gasteiger partial charge < -0.3 is 5.73 Å². The molecule has 5 heteroatoms. The maximum atomic E-state index is 13.2. The number of nitrogens with zero attached hydrogens (tertiary/aromatic N) is 1. The Bertz CT molecular complexity index is 511. The van der Waals surface area contributed by atoms with Gasteiger partial charge in [-0.15, -0.1) is 0 Å². The first-order valence-corrected chi connectivity index (χ1v) is 4.22. The molecule has 0 saturated heterocycles. The van der Waals surface area contributed by atoms with Gasteiger partial charge in [0.05, 0.1) is 0 Å². The molecule has 78 valence electrons. The van der Waals surface area contributed by atoms with E-state index in [1.54, 1.807) is 0 Å². The summed E-state index contributed by atoms with van der Waals surface area (Å²) in [5.41, 5.74) is 5.00. The van der Waals surface area contributed by atoms with Gasteiger partial charge in [0, 0.05) is 11.1 Å². The summed E-state index contributed by atoms with van der Waals surface area (Å²) >= 11 is 0. The number of anilines is 1. The number of nitrogens with two attached hydrogens (primary N) is 1. The van der Waals surface area contributed by atoms with Gasteiger partial charge >= 0.3 is 0 Å². The third-order valence-corrected chi connectivity index (χ3v) is 2.07. The van der Waals surface area contributed by atoms with E-state index in [-0.39, 0.29) is 11.2 Å². The van der Waals surface area contributed by atoms with E-state index in [0.717, 1.165) is 12.1 Å². The average molecular weight is 212 g/mol. The topological polar surface area (TPSA) is 38.9 Å². The summed E-state index contributed by atoms with van der Waals surface area (Å²) in [7, 11) is 0. The maximum absolute atomic E-state index is 13.2. The largest absolute Gasteiger partial charge is 0.398 e. The molecule has 0 aliphatic rings. The normalized spacial score (nSPS) is 11.2. The Balaban J connectivity index is 2.80. The first-order chi connectivity index (χ1) is 7.09. The van der Waals surface area contributed by atoms with Gasteiger partial charge in [-0.25, -0.2) is 18.2 Å². The smallest absolute Gasteiger partial charge is 0.280 e. The van der Waals surface area contributed by atoms with Crippen molar-refractivity contribution in [2.45, 2.75) is 6.43 Å². The number of hydrogen-bond acceptors (Lipinski definition) is 2. The number of nitrogen functional groups attached to an aromatic ring is 1. The molecule has 0 radical (unpaired) electrons. The van der Waals surface area contributed by atoms with Gasteiger partial charge in [0.1, 0.15) is 17.0 Å². The van der Waals surface area contributed by atoms with Crippen LogP contribution in [-0.2, 0) is 0 Å². The Kier molecular flexibility index (Phi) is 2.22. The Labute approximate surface area is 83.5 Å². The maximum Gasteiger partial charge on any atom is 0.280 e. The monoisotopic (exact) mass is 212 g/mol. The molecule has 1 heterocycles. The van der Waals surface area contributed by atoms with Crippen molar-refractivity contribution in [2.75, 3.05) is 5.73 Å². The van der Waals surface area contributed by atoms with Crippen molar-refractivity contribution in [1.82, 2.24) is 4.98 Å². The lowest BCUT2D eigenvalue weighted by Crippen LogP contribution is -1.97. The van der Waals surface area contributed by atoms with Crippen molar-refractivity contribution in [3.05, 3.63) is 35.8 Å². The number of hydrogen-bond donors (Lipinski definition) is 1. The molecule has 0 saturated carbocycles. The lowest BCUT2D eigenvalue weighted by molar-refractivity contribution is 0.146. The number of rotatable bonds is 1. The van der Waals surface area contributed by atoms with E-state index in [0.29, 0.717) is 5.39 Å². The molecular weight excluding hydrogens is 205 g/mol. The Morgan fingerprint density at radius 2 is 2.00 bits per heavy atom. The standard InChI is InChI=1S/C10H7F3N2/c11-6-3-1-2-5-7(14)4-8(10(12)13)15-9(5)6/h1-4,10H,(H2,14,15). The van der Waals surface area contributed by atoms with Crippen molar-refractivity contribution < 1.29 is 13.2 Å². The molecule has 0 aliphatic carbocycles. The molecule has 2 N–H and O–H groups in total. The Morgan fingerprint density at radius 3 is 2.67 bits per heavy atom. The zero-order valence-electron chi connectivity index (χ0n) is 7.55. The van der Waals surface area contributed by atoms with Crippen molar-refractivity contribution in [2.24, 2.45) is 0 Å². The van der Waals surface area contributed by atoms with Gasteiger partial charge in [-0.2, -0.15) is 0 Å². The second-order valence-corrected chi connectivity index (χ2v) is 3.07. The van der Waals surface area contributed by atoms with Gasteiger partial charge in [0.25, 0.3) is 6.43 Å². The van der Waals surface area contributed by atoms with Gasteiger partial charge in [0.15, 0.2) is 0 Å². The van der Waals surface area contributed by atoms with E-state index in [2.05, 4.69) is 4.98 Å². The fraction of sp³-hybridized carbons (Fsp3) is 0.100. The number of fused-ring (bicyclic) bond motifs is 1. The highest BCUT2D eigenvalue weighted by molar-refractivity contribution is 5.90. The molecule has 0 spiro atoms. The molecule has 2 nitrogen and oxygen atoms in total. The Hall–Kier alpha value is -1.78. The fourth-order valence-corrected chi connectivity index (χ4v) is 1.37. The summed E-state index contributed by atoms with van der Waals surface area (Å²) in [4.78, 5) is 3.53. The van der Waals surface area contributed by atoms with Crippen molar-refractivity contribution in [3.63, 3.8) is 0 Å². The van der Waals surface area contributed by atoms with Crippen LogP contribution in [0.3, 0.4) is 0 Å². The number of benzene rings is 1. The SMILES string of the molecule is Nc1cc(C(F)F)nc2c(F)cccc12. The van der Waals surface area contributed by atoms with Crippen LogP contribution in [0.5, 0.6) is 0 Å².